The third-order valence-electron chi connectivity index (χ3n) is 4.15. The van der Waals surface area contributed by atoms with E-state index in [1.165, 1.54) is 4.90 Å². The van der Waals surface area contributed by atoms with Crippen LogP contribution in [0.25, 0.3) is 10.8 Å². The second-order valence-electron chi connectivity index (χ2n) is 5.78. The van der Waals surface area contributed by atoms with Crippen LogP contribution in [-0.2, 0) is 4.79 Å². The van der Waals surface area contributed by atoms with Crippen LogP contribution in [-0.4, -0.2) is 24.6 Å². The number of rotatable bonds is 4. The van der Waals surface area contributed by atoms with Gasteiger partial charge in [0, 0.05) is 10.9 Å². The fourth-order valence-corrected chi connectivity index (χ4v) is 3.03. The van der Waals surface area contributed by atoms with Gasteiger partial charge in [-0.2, -0.15) is 5.10 Å². The lowest BCUT2D eigenvalue weighted by molar-refractivity contribution is -0.119. The smallest absolute Gasteiger partial charge is 0.260 e. The van der Waals surface area contributed by atoms with Crippen LogP contribution < -0.4 is 10.3 Å². The first-order chi connectivity index (χ1) is 12.2. The minimum absolute atomic E-state index is 0.0707. The molecule has 0 bridgehead atoms. The molecule has 25 heavy (non-hydrogen) atoms. The van der Waals surface area contributed by atoms with Crippen molar-refractivity contribution < 1.29 is 9.59 Å². The fourth-order valence-electron chi connectivity index (χ4n) is 3.03. The summed E-state index contributed by atoms with van der Waals surface area (Å²) in [7, 11) is 0. The molecule has 5 heteroatoms. The highest BCUT2D eigenvalue weighted by Crippen LogP contribution is 2.36. The topological polar surface area (TPSA) is 61.8 Å². The number of hydrazone groups is 1. The van der Waals surface area contributed by atoms with E-state index in [1.807, 2.05) is 60.7 Å². The van der Waals surface area contributed by atoms with Crippen LogP contribution in [0.15, 0.2) is 71.8 Å². The van der Waals surface area contributed by atoms with Gasteiger partial charge in [-0.3, -0.25) is 14.5 Å². The molecule has 0 atom stereocenters. The standard InChI is InChI=1S/C20H15N3O2/c24-18(22-21-12-14-6-2-1-3-7-14)13-23-17-11-5-9-15-8-4-10-16(19(15)17)20(23)25/h1-12H,13H2,(H,22,24)/b21-12-. The van der Waals surface area contributed by atoms with Gasteiger partial charge in [0.05, 0.1) is 11.9 Å². The average Bonchev–Trinajstić information content (AvgIpc) is 2.91. The lowest BCUT2D eigenvalue weighted by atomic mass is 10.1. The van der Waals surface area contributed by atoms with Gasteiger partial charge in [0.1, 0.15) is 6.54 Å². The molecule has 5 nitrogen and oxygen atoms in total. The summed E-state index contributed by atoms with van der Waals surface area (Å²) in [5, 5.41) is 5.84. The Morgan fingerprint density at radius 2 is 1.76 bits per heavy atom. The molecule has 1 heterocycles. The first-order valence-corrected chi connectivity index (χ1v) is 7.94. The van der Waals surface area contributed by atoms with E-state index in [-0.39, 0.29) is 18.4 Å². The Morgan fingerprint density at radius 3 is 2.56 bits per heavy atom. The van der Waals surface area contributed by atoms with Gasteiger partial charge >= 0.3 is 0 Å². The van der Waals surface area contributed by atoms with Gasteiger partial charge in [0.2, 0.25) is 0 Å². The van der Waals surface area contributed by atoms with Crippen molar-refractivity contribution in [3.8, 4) is 0 Å². The molecule has 3 aromatic carbocycles. The summed E-state index contributed by atoms with van der Waals surface area (Å²) in [5.41, 5.74) is 4.76. The zero-order chi connectivity index (χ0) is 17.2. The molecule has 0 saturated heterocycles. The van der Waals surface area contributed by atoms with Crippen molar-refractivity contribution in [1.29, 1.82) is 0 Å². The molecule has 0 fully saturated rings. The van der Waals surface area contributed by atoms with Crippen LogP contribution in [0, 0.1) is 0 Å². The molecule has 3 aromatic rings. The maximum atomic E-state index is 12.6. The number of anilines is 1. The molecule has 0 spiro atoms. The monoisotopic (exact) mass is 329 g/mol. The summed E-state index contributed by atoms with van der Waals surface area (Å²) < 4.78 is 0. The van der Waals surface area contributed by atoms with Crippen LogP contribution in [0.4, 0.5) is 5.69 Å². The number of nitrogens with zero attached hydrogens (tertiary/aromatic N) is 2. The van der Waals surface area contributed by atoms with Crippen molar-refractivity contribution in [2.24, 2.45) is 5.10 Å². The van der Waals surface area contributed by atoms with Crippen LogP contribution in [0.1, 0.15) is 15.9 Å². The third kappa shape index (κ3) is 2.76. The lowest BCUT2D eigenvalue weighted by Gasteiger charge is -2.16. The highest BCUT2D eigenvalue weighted by atomic mass is 16.2. The largest absolute Gasteiger partial charge is 0.298 e. The Labute approximate surface area is 144 Å². The van der Waals surface area contributed by atoms with E-state index in [0.717, 1.165) is 22.0 Å². The van der Waals surface area contributed by atoms with Gasteiger partial charge in [0.15, 0.2) is 0 Å². The molecule has 4 rings (SSSR count). The summed E-state index contributed by atoms with van der Waals surface area (Å²) in [6, 6.07) is 20.8. The predicted molar refractivity (Wildman–Crippen MR) is 97.8 cm³/mol. The van der Waals surface area contributed by atoms with E-state index in [9.17, 15) is 9.59 Å². The molecule has 2 amide bonds. The van der Waals surface area contributed by atoms with Crippen molar-refractivity contribution in [2.75, 3.05) is 11.4 Å². The molecule has 0 saturated carbocycles. The van der Waals surface area contributed by atoms with Crippen molar-refractivity contribution >= 4 is 34.5 Å². The molecule has 0 unspecified atom stereocenters. The van der Waals surface area contributed by atoms with E-state index >= 15 is 0 Å². The second-order valence-corrected chi connectivity index (χ2v) is 5.78. The Hall–Kier alpha value is -3.47. The van der Waals surface area contributed by atoms with Crippen molar-refractivity contribution in [2.45, 2.75) is 0 Å². The fraction of sp³-hybridized carbons (Fsp3) is 0.0500. The number of hydrogen-bond donors (Lipinski definition) is 1. The van der Waals surface area contributed by atoms with Gasteiger partial charge in [0.25, 0.3) is 11.8 Å². The molecule has 1 N–H and O–H groups in total. The Balaban J connectivity index is 1.50. The van der Waals surface area contributed by atoms with E-state index in [0.29, 0.717) is 5.56 Å². The number of carbonyl (C=O) groups is 2. The highest BCUT2D eigenvalue weighted by molar-refractivity contribution is 6.26. The first kappa shape index (κ1) is 15.1. The summed E-state index contributed by atoms with van der Waals surface area (Å²) in [6.07, 6.45) is 1.57. The molecule has 1 aliphatic heterocycles. The van der Waals surface area contributed by atoms with Gasteiger partial charge in [-0.25, -0.2) is 5.43 Å². The van der Waals surface area contributed by atoms with E-state index in [2.05, 4.69) is 10.5 Å². The second kappa shape index (κ2) is 6.20. The van der Waals surface area contributed by atoms with E-state index < -0.39 is 0 Å². The van der Waals surface area contributed by atoms with Gasteiger partial charge in [-0.1, -0.05) is 54.6 Å². The normalized spacial score (nSPS) is 13.0. The molecule has 122 valence electrons. The first-order valence-electron chi connectivity index (χ1n) is 7.94. The van der Waals surface area contributed by atoms with Crippen molar-refractivity contribution in [1.82, 2.24) is 5.43 Å². The van der Waals surface area contributed by atoms with Crippen LogP contribution in [0.2, 0.25) is 0 Å². The van der Waals surface area contributed by atoms with Crippen molar-refractivity contribution in [3.05, 3.63) is 77.9 Å². The Morgan fingerprint density at radius 1 is 1.00 bits per heavy atom. The molecule has 0 radical (unpaired) electrons. The highest BCUT2D eigenvalue weighted by Gasteiger charge is 2.30. The van der Waals surface area contributed by atoms with Crippen molar-refractivity contribution in [3.63, 3.8) is 0 Å². The number of nitrogens with one attached hydrogen (secondary N) is 1. The van der Waals surface area contributed by atoms with E-state index in [4.69, 9.17) is 0 Å². The lowest BCUT2D eigenvalue weighted by Crippen LogP contribution is -2.37. The van der Waals surface area contributed by atoms with Crippen LogP contribution >= 0.6 is 0 Å². The number of carbonyl (C=O) groups excluding carboxylic acids is 2. The zero-order valence-electron chi connectivity index (χ0n) is 13.3. The van der Waals surface area contributed by atoms with Crippen LogP contribution in [0.3, 0.4) is 0 Å². The maximum absolute atomic E-state index is 12.6. The zero-order valence-corrected chi connectivity index (χ0v) is 13.3. The van der Waals surface area contributed by atoms with Gasteiger partial charge < -0.3 is 0 Å². The predicted octanol–water partition coefficient (Wildman–Crippen LogP) is 2.95. The molecule has 1 aliphatic rings. The minimum Gasteiger partial charge on any atom is -0.298 e. The maximum Gasteiger partial charge on any atom is 0.260 e. The quantitative estimate of drug-likeness (QED) is 0.591. The number of benzene rings is 3. The summed E-state index contributed by atoms with van der Waals surface area (Å²) in [4.78, 5) is 26.3. The van der Waals surface area contributed by atoms with Gasteiger partial charge in [-0.05, 0) is 23.1 Å². The molecule has 0 aromatic heterocycles. The summed E-state index contributed by atoms with van der Waals surface area (Å²) in [6.45, 7) is -0.0707. The van der Waals surface area contributed by atoms with Crippen LogP contribution in [0.5, 0.6) is 0 Å². The Kier molecular flexibility index (Phi) is 3.74. The SMILES string of the molecule is O=C(CN1C(=O)c2cccc3cccc1c23)N/N=C\c1ccccc1. The molecular formula is C20H15N3O2. The molecular weight excluding hydrogens is 314 g/mol. The number of amides is 2. The summed E-state index contributed by atoms with van der Waals surface area (Å²) in [5.74, 6) is -0.501. The Bertz CT molecular complexity index is 991. The van der Waals surface area contributed by atoms with E-state index in [1.54, 1.807) is 12.3 Å². The summed E-state index contributed by atoms with van der Waals surface area (Å²) >= 11 is 0. The number of hydrogen-bond acceptors (Lipinski definition) is 3. The average molecular weight is 329 g/mol. The third-order valence-corrected chi connectivity index (χ3v) is 4.15. The van der Waals surface area contributed by atoms with Gasteiger partial charge in [-0.15, -0.1) is 0 Å². The minimum atomic E-state index is -0.342. The molecule has 0 aliphatic carbocycles.